The number of carbonyl (C=O) groups is 2. The van der Waals surface area contributed by atoms with Gasteiger partial charge in [-0.05, 0) is 60.5 Å². The van der Waals surface area contributed by atoms with Crippen molar-refractivity contribution in [1.82, 2.24) is 0 Å². The van der Waals surface area contributed by atoms with E-state index in [1.54, 1.807) is 30.3 Å². The third-order valence-electron chi connectivity index (χ3n) is 4.90. The smallest absolute Gasteiger partial charge is 0.337 e. The van der Waals surface area contributed by atoms with E-state index in [1.165, 1.54) is 32.4 Å². The van der Waals surface area contributed by atoms with Crippen LogP contribution in [0, 0.1) is 18.3 Å². The maximum absolute atomic E-state index is 12.6. The number of esters is 1. The molecule has 3 aromatic rings. The molecule has 0 radical (unpaired) electrons. The lowest BCUT2D eigenvalue weighted by Gasteiger charge is -2.12. The van der Waals surface area contributed by atoms with E-state index in [2.05, 4.69) is 10.1 Å². The summed E-state index contributed by atoms with van der Waals surface area (Å²) in [6.07, 6.45) is 1.46. The van der Waals surface area contributed by atoms with Gasteiger partial charge in [-0.1, -0.05) is 35.9 Å². The second-order valence-electron chi connectivity index (χ2n) is 7.38. The molecule has 0 saturated heterocycles. The predicted octanol–water partition coefficient (Wildman–Crippen LogP) is 4.91. The van der Waals surface area contributed by atoms with Crippen molar-refractivity contribution in [1.29, 1.82) is 5.26 Å². The number of methoxy groups -OCH3 is 2. The number of nitrogens with zero attached hydrogens (tertiary/aromatic N) is 1. The molecule has 0 spiro atoms. The normalized spacial score (nSPS) is 10.7. The minimum atomic E-state index is -0.577. The average Bonchev–Trinajstić information content (AvgIpc) is 2.86. The van der Waals surface area contributed by atoms with Gasteiger partial charge in [0.1, 0.15) is 18.2 Å². The summed E-state index contributed by atoms with van der Waals surface area (Å²) in [7, 11) is 2.82. The predicted molar refractivity (Wildman–Crippen MR) is 129 cm³/mol. The first-order valence-corrected chi connectivity index (χ1v) is 10.4. The minimum Gasteiger partial charge on any atom is -0.493 e. The number of nitrogens with one attached hydrogen (secondary N) is 1. The van der Waals surface area contributed by atoms with Crippen LogP contribution in [0.1, 0.15) is 27.0 Å². The molecule has 0 aliphatic heterocycles. The molecule has 3 aromatic carbocycles. The van der Waals surface area contributed by atoms with Gasteiger partial charge in [0.05, 0.1) is 19.8 Å². The first kappa shape index (κ1) is 24.1. The standard InChI is InChI=1S/C27H24N2O5/c1-18-5-4-6-20(13-18)17-34-24-12-7-19(15-25(24)32-2)14-22(16-28)26(30)29-23-10-8-21(9-11-23)27(31)33-3/h4-15H,17H2,1-3H3,(H,29,30)/b22-14+. The molecule has 3 rings (SSSR count). The molecule has 34 heavy (non-hydrogen) atoms. The molecular weight excluding hydrogens is 432 g/mol. The first-order chi connectivity index (χ1) is 16.4. The van der Waals surface area contributed by atoms with Crippen molar-refractivity contribution >= 4 is 23.6 Å². The Bertz CT molecular complexity index is 1260. The molecule has 7 heteroatoms. The molecule has 1 amide bonds. The third-order valence-corrected chi connectivity index (χ3v) is 4.90. The number of ether oxygens (including phenoxy) is 3. The van der Waals surface area contributed by atoms with Gasteiger partial charge in [0, 0.05) is 5.69 Å². The summed E-state index contributed by atoms with van der Waals surface area (Å²) in [5, 5.41) is 12.1. The van der Waals surface area contributed by atoms with Crippen LogP contribution in [0.5, 0.6) is 11.5 Å². The summed E-state index contributed by atoms with van der Waals surface area (Å²) >= 11 is 0. The number of rotatable bonds is 8. The fraction of sp³-hybridized carbons (Fsp3) is 0.148. The van der Waals surface area contributed by atoms with Gasteiger partial charge in [-0.15, -0.1) is 0 Å². The largest absolute Gasteiger partial charge is 0.493 e. The van der Waals surface area contributed by atoms with Gasteiger partial charge in [0.2, 0.25) is 0 Å². The fourth-order valence-electron chi connectivity index (χ4n) is 3.18. The van der Waals surface area contributed by atoms with Gasteiger partial charge >= 0.3 is 5.97 Å². The van der Waals surface area contributed by atoms with E-state index in [1.807, 2.05) is 37.3 Å². The van der Waals surface area contributed by atoms with Gasteiger partial charge in [-0.25, -0.2) is 4.79 Å². The second-order valence-corrected chi connectivity index (χ2v) is 7.38. The zero-order chi connectivity index (χ0) is 24.5. The number of benzene rings is 3. The zero-order valence-electron chi connectivity index (χ0n) is 19.1. The van der Waals surface area contributed by atoms with E-state index in [0.717, 1.165) is 11.1 Å². The molecular formula is C27H24N2O5. The molecule has 7 nitrogen and oxygen atoms in total. The van der Waals surface area contributed by atoms with Crippen molar-refractivity contribution in [2.45, 2.75) is 13.5 Å². The van der Waals surface area contributed by atoms with E-state index >= 15 is 0 Å². The van der Waals surface area contributed by atoms with E-state index in [9.17, 15) is 14.9 Å². The van der Waals surface area contributed by atoms with Gasteiger partial charge < -0.3 is 19.5 Å². The molecule has 0 aliphatic carbocycles. The van der Waals surface area contributed by atoms with E-state index in [0.29, 0.717) is 34.9 Å². The highest BCUT2D eigenvalue weighted by atomic mass is 16.5. The molecule has 0 saturated carbocycles. The van der Waals surface area contributed by atoms with Gasteiger partial charge in [0.25, 0.3) is 5.91 Å². The zero-order valence-corrected chi connectivity index (χ0v) is 19.1. The third kappa shape index (κ3) is 6.24. The summed E-state index contributed by atoms with van der Waals surface area (Å²) < 4.78 is 16.0. The van der Waals surface area contributed by atoms with Gasteiger partial charge in [-0.3, -0.25) is 4.79 Å². The Morgan fingerprint density at radius 1 is 1.00 bits per heavy atom. The van der Waals surface area contributed by atoms with Gasteiger partial charge in [0.15, 0.2) is 11.5 Å². The number of carbonyl (C=O) groups excluding carboxylic acids is 2. The Hall–Kier alpha value is -4.57. The lowest BCUT2D eigenvalue weighted by atomic mass is 10.1. The first-order valence-electron chi connectivity index (χ1n) is 10.4. The Morgan fingerprint density at radius 2 is 1.76 bits per heavy atom. The van der Waals surface area contributed by atoms with Gasteiger partial charge in [-0.2, -0.15) is 5.26 Å². The van der Waals surface area contributed by atoms with E-state index < -0.39 is 11.9 Å². The summed E-state index contributed by atoms with van der Waals surface area (Å²) in [6, 6.07) is 21.3. The maximum Gasteiger partial charge on any atom is 0.337 e. The SMILES string of the molecule is COC(=O)c1ccc(NC(=O)/C(C#N)=C/c2ccc(OCc3cccc(C)c3)c(OC)c2)cc1. The highest BCUT2D eigenvalue weighted by Gasteiger charge is 2.12. The van der Waals surface area contributed by atoms with E-state index in [4.69, 9.17) is 9.47 Å². The monoisotopic (exact) mass is 456 g/mol. The minimum absolute atomic E-state index is 0.0903. The van der Waals surface area contributed by atoms with Crippen LogP contribution in [0.2, 0.25) is 0 Å². The lowest BCUT2D eigenvalue weighted by molar-refractivity contribution is -0.112. The summed E-state index contributed by atoms with van der Waals surface area (Å²) in [6.45, 7) is 2.40. The number of anilines is 1. The maximum atomic E-state index is 12.6. The molecule has 0 aliphatic rings. The van der Waals surface area contributed by atoms with Crippen LogP contribution in [0.4, 0.5) is 5.69 Å². The van der Waals surface area contributed by atoms with Crippen LogP contribution in [-0.2, 0) is 16.1 Å². The van der Waals surface area contributed by atoms with Crippen LogP contribution in [0.15, 0.2) is 72.3 Å². The number of hydrogen-bond acceptors (Lipinski definition) is 6. The molecule has 1 N–H and O–H groups in total. The molecule has 0 atom stereocenters. The summed E-state index contributed by atoms with van der Waals surface area (Å²) in [5.41, 5.74) is 3.49. The number of amides is 1. The highest BCUT2D eigenvalue weighted by Crippen LogP contribution is 2.30. The topological polar surface area (TPSA) is 97.7 Å². The van der Waals surface area contributed by atoms with Crippen LogP contribution in [-0.4, -0.2) is 26.1 Å². The lowest BCUT2D eigenvalue weighted by Crippen LogP contribution is -2.13. The van der Waals surface area contributed by atoms with Crippen LogP contribution >= 0.6 is 0 Å². The van der Waals surface area contributed by atoms with Crippen LogP contribution < -0.4 is 14.8 Å². The molecule has 172 valence electrons. The summed E-state index contributed by atoms with van der Waals surface area (Å²) in [5.74, 6) is -0.0184. The fourth-order valence-corrected chi connectivity index (χ4v) is 3.18. The summed E-state index contributed by atoms with van der Waals surface area (Å²) in [4.78, 5) is 24.1. The van der Waals surface area contributed by atoms with Crippen molar-refractivity contribution in [3.8, 4) is 17.6 Å². The Kier molecular flexibility index (Phi) is 8.03. The molecule has 0 unspecified atom stereocenters. The number of nitriles is 1. The average molecular weight is 456 g/mol. The van der Waals surface area contributed by atoms with Crippen LogP contribution in [0.25, 0.3) is 6.08 Å². The Morgan fingerprint density at radius 3 is 2.41 bits per heavy atom. The Labute approximate surface area is 198 Å². The van der Waals surface area contributed by atoms with Crippen molar-refractivity contribution in [3.63, 3.8) is 0 Å². The van der Waals surface area contributed by atoms with Crippen molar-refractivity contribution in [2.75, 3.05) is 19.5 Å². The van der Waals surface area contributed by atoms with Crippen LogP contribution in [0.3, 0.4) is 0 Å². The van der Waals surface area contributed by atoms with Crippen molar-refractivity contribution in [3.05, 3.63) is 94.6 Å². The quantitative estimate of drug-likeness (QED) is 0.294. The highest BCUT2D eigenvalue weighted by molar-refractivity contribution is 6.09. The number of aryl methyl sites for hydroxylation is 1. The number of hydrogen-bond donors (Lipinski definition) is 1. The second kappa shape index (κ2) is 11.3. The molecule has 0 aromatic heterocycles. The van der Waals surface area contributed by atoms with Crippen molar-refractivity contribution in [2.24, 2.45) is 0 Å². The Balaban J connectivity index is 1.72. The molecule has 0 bridgehead atoms. The van der Waals surface area contributed by atoms with Crippen molar-refractivity contribution < 1.29 is 23.8 Å². The van der Waals surface area contributed by atoms with E-state index in [-0.39, 0.29) is 5.57 Å². The molecule has 0 fully saturated rings. The molecule has 0 heterocycles.